The number of carboxylic acids is 1. The maximum Gasteiger partial charge on any atom is 0.320 e. The third kappa shape index (κ3) is 6.06. The zero-order chi connectivity index (χ0) is 10.3. The molecule has 0 saturated carbocycles. The maximum absolute atomic E-state index is 10.7. The molecule has 4 N–H and O–H groups in total. The minimum Gasteiger partial charge on any atom is -0.480 e. The average Bonchev–Trinajstić information content (AvgIpc) is 2.10. The van der Waals surface area contributed by atoms with Crippen LogP contribution in [0.2, 0.25) is 0 Å². The molecule has 0 saturated heterocycles. The van der Waals surface area contributed by atoms with Gasteiger partial charge in [-0.15, -0.1) is 0 Å². The Kier molecular flexibility index (Phi) is 5.82. The summed E-state index contributed by atoms with van der Waals surface area (Å²) in [7, 11) is 0. The molecule has 13 heavy (non-hydrogen) atoms. The summed E-state index contributed by atoms with van der Waals surface area (Å²) in [5.74, 6) is -1.69. The highest BCUT2D eigenvalue weighted by molar-refractivity contribution is 5.75. The predicted octanol–water partition coefficient (Wildman–Crippen LogP) is -1.29. The molecule has 76 valence electrons. The number of carboxylic acid groups (broad SMARTS) is 1. The van der Waals surface area contributed by atoms with Crippen molar-refractivity contribution in [2.75, 3.05) is 13.2 Å². The Labute approximate surface area is 75.3 Å². The second kappa shape index (κ2) is 6.38. The topological polar surface area (TPSA) is 110 Å². The van der Waals surface area contributed by atoms with Gasteiger partial charge >= 0.3 is 11.9 Å². The van der Waals surface area contributed by atoms with Crippen molar-refractivity contribution in [3.8, 4) is 0 Å². The largest absolute Gasteiger partial charge is 0.480 e. The normalized spacial score (nSPS) is 12.2. The second-order valence-corrected chi connectivity index (χ2v) is 2.43. The second-order valence-electron chi connectivity index (χ2n) is 2.43. The molecule has 0 aliphatic rings. The van der Waals surface area contributed by atoms with Gasteiger partial charge in [0.25, 0.3) is 0 Å². The molecule has 0 heterocycles. The zero-order valence-corrected chi connectivity index (χ0v) is 7.10. The van der Waals surface area contributed by atoms with E-state index in [2.05, 4.69) is 4.74 Å². The van der Waals surface area contributed by atoms with Crippen molar-refractivity contribution < 1.29 is 24.5 Å². The molecule has 1 atom stereocenters. The fourth-order valence-corrected chi connectivity index (χ4v) is 0.628. The summed E-state index contributed by atoms with van der Waals surface area (Å²) in [6.45, 7) is -0.308. The Balaban J connectivity index is 3.52. The van der Waals surface area contributed by atoms with Crippen LogP contribution in [0.4, 0.5) is 0 Å². The third-order valence-corrected chi connectivity index (χ3v) is 1.33. The molecule has 0 radical (unpaired) electrons. The summed E-state index contributed by atoms with van der Waals surface area (Å²) in [4.78, 5) is 21.0. The van der Waals surface area contributed by atoms with Crippen LogP contribution < -0.4 is 5.73 Å². The average molecular weight is 191 g/mol. The number of ether oxygens (including phenoxy) is 1. The molecule has 0 aliphatic carbocycles. The molecule has 1 unspecified atom stereocenters. The number of hydrogen-bond donors (Lipinski definition) is 3. The van der Waals surface area contributed by atoms with Gasteiger partial charge in [0.1, 0.15) is 12.6 Å². The quantitative estimate of drug-likeness (QED) is 0.451. The first-order chi connectivity index (χ1) is 6.07. The lowest BCUT2D eigenvalue weighted by Gasteiger charge is -2.05. The van der Waals surface area contributed by atoms with Crippen LogP contribution in [-0.2, 0) is 14.3 Å². The molecule has 0 aliphatic heterocycles. The Morgan fingerprint density at radius 2 is 2.08 bits per heavy atom. The van der Waals surface area contributed by atoms with Crippen molar-refractivity contribution in [2.45, 2.75) is 18.9 Å². The minimum absolute atomic E-state index is 0.0413. The van der Waals surface area contributed by atoms with Crippen LogP contribution >= 0.6 is 0 Å². The number of esters is 1. The molecule has 0 spiro atoms. The van der Waals surface area contributed by atoms with Gasteiger partial charge in [0.2, 0.25) is 0 Å². The monoisotopic (exact) mass is 191 g/mol. The number of carbonyl (C=O) groups excluding carboxylic acids is 1. The minimum atomic E-state index is -1.14. The lowest BCUT2D eigenvalue weighted by Crippen LogP contribution is -2.30. The Hall–Kier alpha value is -1.14. The van der Waals surface area contributed by atoms with Gasteiger partial charge in [-0.25, -0.2) is 0 Å². The summed E-state index contributed by atoms with van der Waals surface area (Å²) in [6, 6.07) is -1.04. The highest BCUT2D eigenvalue weighted by Crippen LogP contribution is 1.96. The standard InChI is InChI=1S/C7H13NO5/c8-5(7(11)12)1-2-6(10)13-4-3-9/h5,9H,1-4,8H2,(H,11,12). The van der Waals surface area contributed by atoms with Crippen LogP contribution in [0.5, 0.6) is 0 Å². The van der Waals surface area contributed by atoms with Crippen molar-refractivity contribution in [3.63, 3.8) is 0 Å². The van der Waals surface area contributed by atoms with Gasteiger partial charge in [-0.05, 0) is 6.42 Å². The molecule has 0 rings (SSSR count). The number of aliphatic carboxylic acids is 1. The zero-order valence-electron chi connectivity index (χ0n) is 7.10. The van der Waals surface area contributed by atoms with Crippen LogP contribution in [0, 0.1) is 0 Å². The highest BCUT2D eigenvalue weighted by atomic mass is 16.5. The van der Waals surface area contributed by atoms with Gasteiger partial charge < -0.3 is 20.7 Å². The van der Waals surface area contributed by atoms with Crippen LogP contribution in [0.15, 0.2) is 0 Å². The summed E-state index contributed by atoms with van der Waals surface area (Å²) in [6.07, 6.45) is -0.00688. The van der Waals surface area contributed by atoms with Gasteiger partial charge in [0, 0.05) is 6.42 Å². The van der Waals surface area contributed by atoms with Crippen molar-refractivity contribution in [3.05, 3.63) is 0 Å². The Morgan fingerprint density at radius 3 is 2.54 bits per heavy atom. The summed E-state index contributed by atoms with van der Waals surface area (Å²) in [5.41, 5.74) is 5.14. The number of aliphatic hydroxyl groups is 1. The number of nitrogens with two attached hydrogens (primary N) is 1. The molecule has 6 heteroatoms. The van der Waals surface area contributed by atoms with Crippen molar-refractivity contribution in [1.82, 2.24) is 0 Å². The van der Waals surface area contributed by atoms with E-state index in [0.717, 1.165) is 0 Å². The molecular weight excluding hydrogens is 178 g/mol. The molecule has 6 nitrogen and oxygen atoms in total. The van der Waals surface area contributed by atoms with E-state index >= 15 is 0 Å². The molecule has 0 bridgehead atoms. The number of rotatable bonds is 6. The van der Waals surface area contributed by atoms with Gasteiger partial charge in [-0.1, -0.05) is 0 Å². The maximum atomic E-state index is 10.7. The van der Waals surface area contributed by atoms with Crippen LogP contribution in [-0.4, -0.2) is 41.4 Å². The van der Waals surface area contributed by atoms with E-state index in [1.807, 2.05) is 0 Å². The Morgan fingerprint density at radius 1 is 1.46 bits per heavy atom. The molecular formula is C7H13NO5. The lowest BCUT2D eigenvalue weighted by atomic mass is 10.2. The summed E-state index contributed by atoms with van der Waals surface area (Å²) < 4.78 is 4.48. The van der Waals surface area contributed by atoms with Crippen molar-refractivity contribution in [2.24, 2.45) is 5.73 Å². The van der Waals surface area contributed by atoms with Crippen LogP contribution in [0.3, 0.4) is 0 Å². The first kappa shape index (κ1) is 11.9. The van der Waals surface area contributed by atoms with E-state index in [0.29, 0.717) is 0 Å². The SMILES string of the molecule is NC(CCC(=O)OCCO)C(=O)O. The summed E-state index contributed by atoms with van der Waals surface area (Å²) in [5, 5.41) is 16.6. The predicted molar refractivity (Wildman–Crippen MR) is 42.9 cm³/mol. The Bertz CT molecular complexity index is 182. The number of carbonyl (C=O) groups is 2. The van der Waals surface area contributed by atoms with Crippen molar-refractivity contribution in [1.29, 1.82) is 0 Å². The number of hydrogen-bond acceptors (Lipinski definition) is 5. The molecule has 0 aromatic carbocycles. The van der Waals surface area contributed by atoms with E-state index in [9.17, 15) is 9.59 Å². The fraction of sp³-hybridized carbons (Fsp3) is 0.714. The van der Waals surface area contributed by atoms with Crippen LogP contribution in [0.25, 0.3) is 0 Å². The van der Waals surface area contributed by atoms with E-state index in [1.165, 1.54) is 0 Å². The van der Waals surface area contributed by atoms with E-state index < -0.39 is 18.0 Å². The number of aliphatic hydroxyl groups excluding tert-OH is 1. The van der Waals surface area contributed by atoms with Gasteiger partial charge in [0.05, 0.1) is 6.61 Å². The molecule has 0 fully saturated rings. The molecule has 0 aromatic heterocycles. The third-order valence-electron chi connectivity index (χ3n) is 1.33. The van der Waals surface area contributed by atoms with Crippen LogP contribution in [0.1, 0.15) is 12.8 Å². The van der Waals surface area contributed by atoms with E-state index in [-0.39, 0.29) is 26.1 Å². The smallest absolute Gasteiger partial charge is 0.320 e. The van der Waals surface area contributed by atoms with Gasteiger partial charge in [-0.2, -0.15) is 0 Å². The van der Waals surface area contributed by atoms with Gasteiger partial charge in [0.15, 0.2) is 0 Å². The molecule has 0 amide bonds. The molecule has 0 aromatic rings. The lowest BCUT2D eigenvalue weighted by molar-refractivity contribution is -0.145. The van der Waals surface area contributed by atoms with Crippen molar-refractivity contribution >= 4 is 11.9 Å². The highest BCUT2D eigenvalue weighted by Gasteiger charge is 2.13. The van der Waals surface area contributed by atoms with Gasteiger partial charge in [-0.3, -0.25) is 9.59 Å². The van der Waals surface area contributed by atoms with E-state index in [1.54, 1.807) is 0 Å². The first-order valence-electron chi connectivity index (χ1n) is 3.82. The summed E-state index contributed by atoms with van der Waals surface area (Å²) >= 11 is 0. The van der Waals surface area contributed by atoms with E-state index in [4.69, 9.17) is 15.9 Å². The first-order valence-corrected chi connectivity index (χ1v) is 3.82. The fourth-order valence-electron chi connectivity index (χ4n) is 0.628.